The monoisotopic (exact) mass is 583 g/mol. The second kappa shape index (κ2) is 10.9. The molecule has 0 radical (unpaired) electrons. The molecule has 3 aromatic carbocycles. The second-order valence-corrected chi connectivity index (χ2v) is 16.0. The number of para-hydroxylation sites is 1. The SMILES string of the molecule is C[C@@H]1[C@@H]([Si](C)(C)O)[C@H](CCO)O[C@@]12C(=O)N(Cc1ccc(N3N=C(c4ccccc4)CCC3=O)cc1)c1ccccc12. The number of amides is 2. The minimum atomic E-state index is -2.73. The van der Waals surface area contributed by atoms with Crippen LogP contribution in [0.2, 0.25) is 18.6 Å². The van der Waals surface area contributed by atoms with E-state index in [2.05, 4.69) is 5.10 Å². The van der Waals surface area contributed by atoms with E-state index in [1.54, 1.807) is 4.90 Å². The van der Waals surface area contributed by atoms with Crippen LogP contribution in [0.15, 0.2) is 84.0 Å². The quantitative estimate of drug-likeness (QED) is 0.384. The number of hydrazone groups is 1. The normalized spacial score (nSPS) is 25.7. The van der Waals surface area contributed by atoms with E-state index in [1.807, 2.05) is 98.9 Å². The first-order chi connectivity index (χ1) is 20.1. The number of ether oxygens (including phenoxy) is 1. The van der Waals surface area contributed by atoms with Gasteiger partial charge in [0, 0.05) is 36.5 Å². The fraction of sp³-hybridized carbons (Fsp3) is 0.364. The Morgan fingerprint density at radius 1 is 0.976 bits per heavy atom. The molecule has 3 heterocycles. The van der Waals surface area contributed by atoms with Crippen molar-refractivity contribution < 1.29 is 24.2 Å². The maximum atomic E-state index is 14.4. The Labute approximate surface area is 247 Å². The van der Waals surface area contributed by atoms with Gasteiger partial charge in [-0.3, -0.25) is 9.59 Å². The Balaban J connectivity index is 1.28. The summed E-state index contributed by atoms with van der Waals surface area (Å²) < 4.78 is 6.63. The molecule has 3 aliphatic heterocycles. The molecule has 2 N–H and O–H groups in total. The molecule has 1 saturated heterocycles. The molecule has 2 amide bonds. The van der Waals surface area contributed by atoms with Gasteiger partial charge in [-0.15, -0.1) is 0 Å². The van der Waals surface area contributed by atoms with Crippen LogP contribution in [0.3, 0.4) is 0 Å². The minimum absolute atomic E-state index is 0.0530. The zero-order valence-electron chi connectivity index (χ0n) is 24.2. The van der Waals surface area contributed by atoms with Gasteiger partial charge in [0.2, 0.25) is 5.91 Å². The summed E-state index contributed by atoms with van der Waals surface area (Å²) in [6, 6.07) is 25.2. The molecule has 0 aromatic heterocycles. The molecular formula is C33H37N3O5Si. The number of aliphatic hydroxyl groups excluding tert-OH is 1. The van der Waals surface area contributed by atoms with Gasteiger partial charge in [-0.05, 0) is 48.8 Å². The van der Waals surface area contributed by atoms with Gasteiger partial charge in [0.05, 0.1) is 29.7 Å². The zero-order valence-corrected chi connectivity index (χ0v) is 25.2. The van der Waals surface area contributed by atoms with Crippen molar-refractivity contribution in [2.24, 2.45) is 11.0 Å². The van der Waals surface area contributed by atoms with Crippen LogP contribution in [0.25, 0.3) is 0 Å². The lowest BCUT2D eigenvalue weighted by Gasteiger charge is -2.32. The summed E-state index contributed by atoms with van der Waals surface area (Å²) >= 11 is 0. The van der Waals surface area contributed by atoms with E-state index in [4.69, 9.17) is 4.74 Å². The number of benzene rings is 3. The molecule has 1 spiro atoms. The van der Waals surface area contributed by atoms with Crippen LogP contribution < -0.4 is 9.91 Å². The Hall–Kier alpha value is -3.63. The molecule has 3 aliphatic rings. The number of carbonyl (C=O) groups excluding carboxylic acids is 2. The highest BCUT2D eigenvalue weighted by atomic mass is 28.4. The molecule has 0 bridgehead atoms. The zero-order chi connectivity index (χ0) is 29.6. The summed E-state index contributed by atoms with van der Waals surface area (Å²) in [5, 5.41) is 15.9. The van der Waals surface area contributed by atoms with E-state index in [1.165, 1.54) is 5.01 Å². The number of hydrogen-bond donors (Lipinski definition) is 2. The summed E-state index contributed by atoms with van der Waals surface area (Å²) in [4.78, 5) is 40.1. The first-order valence-corrected chi connectivity index (χ1v) is 17.6. The van der Waals surface area contributed by atoms with Crippen LogP contribution in [-0.2, 0) is 26.5 Å². The number of carbonyl (C=O) groups is 2. The summed E-state index contributed by atoms with van der Waals surface area (Å²) in [6.07, 6.45) is 0.956. The highest BCUT2D eigenvalue weighted by Crippen LogP contribution is 2.59. The van der Waals surface area contributed by atoms with E-state index in [0.717, 1.165) is 28.1 Å². The smallest absolute Gasteiger partial charge is 0.264 e. The maximum Gasteiger partial charge on any atom is 0.264 e. The van der Waals surface area contributed by atoms with Gasteiger partial charge in [-0.25, -0.2) is 5.01 Å². The molecule has 0 aliphatic carbocycles. The molecular weight excluding hydrogens is 546 g/mol. The van der Waals surface area contributed by atoms with Crippen LogP contribution in [0.1, 0.15) is 42.9 Å². The first kappa shape index (κ1) is 28.5. The third-order valence-corrected chi connectivity index (χ3v) is 11.5. The van der Waals surface area contributed by atoms with Crippen molar-refractivity contribution >= 4 is 37.2 Å². The third kappa shape index (κ3) is 4.70. The van der Waals surface area contributed by atoms with Gasteiger partial charge in [0.15, 0.2) is 13.9 Å². The molecule has 0 unspecified atom stereocenters. The number of anilines is 2. The summed E-state index contributed by atoms with van der Waals surface area (Å²) in [5.41, 5.74) is 3.65. The van der Waals surface area contributed by atoms with Crippen molar-refractivity contribution in [3.05, 3.63) is 95.6 Å². The Morgan fingerprint density at radius 3 is 2.36 bits per heavy atom. The molecule has 6 rings (SSSR count). The van der Waals surface area contributed by atoms with Crippen molar-refractivity contribution in [1.29, 1.82) is 0 Å². The molecule has 42 heavy (non-hydrogen) atoms. The second-order valence-electron chi connectivity index (χ2n) is 12.1. The van der Waals surface area contributed by atoms with Gasteiger partial charge in [0.1, 0.15) is 0 Å². The van der Waals surface area contributed by atoms with Crippen molar-refractivity contribution in [3.63, 3.8) is 0 Å². The number of fused-ring (bicyclic) bond motifs is 2. The van der Waals surface area contributed by atoms with Crippen LogP contribution in [-0.4, -0.2) is 48.5 Å². The Morgan fingerprint density at radius 2 is 1.67 bits per heavy atom. The van der Waals surface area contributed by atoms with Crippen LogP contribution in [0.5, 0.6) is 0 Å². The van der Waals surface area contributed by atoms with Gasteiger partial charge in [-0.1, -0.05) is 67.6 Å². The number of rotatable bonds is 7. The first-order valence-electron chi connectivity index (χ1n) is 14.6. The van der Waals surface area contributed by atoms with Crippen LogP contribution in [0.4, 0.5) is 11.4 Å². The summed E-state index contributed by atoms with van der Waals surface area (Å²) in [7, 11) is -2.73. The van der Waals surface area contributed by atoms with Gasteiger partial charge in [-0.2, -0.15) is 5.10 Å². The predicted molar refractivity (Wildman–Crippen MR) is 165 cm³/mol. The van der Waals surface area contributed by atoms with E-state index < -0.39 is 20.0 Å². The van der Waals surface area contributed by atoms with E-state index >= 15 is 0 Å². The largest absolute Gasteiger partial charge is 0.432 e. The van der Waals surface area contributed by atoms with Crippen molar-refractivity contribution in [3.8, 4) is 0 Å². The molecule has 3 aromatic rings. The van der Waals surface area contributed by atoms with Crippen LogP contribution in [0, 0.1) is 5.92 Å². The van der Waals surface area contributed by atoms with Crippen molar-refractivity contribution in [2.45, 2.75) is 63.1 Å². The molecule has 8 nitrogen and oxygen atoms in total. The topological polar surface area (TPSA) is 103 Å². The molecule has 0 saturated carbocycles. The lowest BCUT2D eigenvalue weighted by atomic mass is 9.82. The number of hydrogen-bond acceptors (Lipinski definition) is 6. The van der Waals surface area contributed by atoms with Gasteiger partial charge in [0.25, 0.3) is 5.91 Å². The Bertz CT molecular complexity index is 1520. The minimum Gasteiger partial charge on any atom is -0.432 e. The maximum absolute atomic E-state index is 14.4. The van der Waals surface area contributed by atoms with Crippen molar-refractivity contribution in [2.75, 3.05) is 16.5 Å². The molecule has 9 heteroatoms. The average molecular weight is 584 g/mol. The highest BCUT2D eigenvalue weighted by molar-refractivity contribution is 6.71. The fourth-order valence-electron chi connectivity index (χ4n) is 7.10. The fourth-order valence-corrected chi connectivity index (χ4v) is 9.71. The van der Waals surface area contributed by atoms with E-state index in [-0.39, 0.29) is 29.9 Å². The van der Waals surface area contributed by atoms with E-state index in [9.17, 15) is 19.5 Å². The average Bonchev–Trinajstić information content (AvgIpc) is 3.41. The molecule has 4 atom stereocenters. The number of aliphatic hydroxyl groups is 1. The van der Waals surface area contributed by atoms with Crippen molar-refractivity contribution in [1.82, 2.24) is 0 Å². The Kier molecular flexibility index (Phi) is 7.39. The lowest BCUT2D eigenvalue weighted by molar-refractivity contribution is -0.146. The predicted octanol–water partition coefficient (Wildman–Crippen LogP) is 4.94. The summed E-state index contributed by atoms with van der Waals surface area (Å²) in [6.45, 7) is 6.02. The van der Waals surface area contributed by atoms with Gasteiger partial charge >= 0.3 is 0 Å². The number of nitrogens with zero attached hydrogens (tertiary/aromatic N) is 3. The third-order valence-electron chi connectivity index (χ3n) is 8.97. The highest BCUT2D eigenvalue weighted by Gasteiger charge is 2.66. The van der Waals surface area contributed by atoms with E-state index in [0.29, 0.717) is 31.5 Å². The standard InChI is InChI=1S/C33H37N3O5Si/c1-22-31(42(2,3)40)29(19-20-37)41-33(22)26-11-7-8-12-28(26)35(32(33)39)21-23-13-15-25(16-14-23)36-30(38)18-17-27(34-36)24-9-5-4-6-10-24/h4-16,22,29,31,37,40H,17-21H2,1-3H3/t22-,29+,31-,33+/m1/s1. The van der Waals surface area contributed by atoms with Gasteiger partial charge < -0.3 is 19.5 Å². The lowest BCUT2D eigenvalue weighted by Crippen LogP contribution is -2.46. The summed E-state index contributed by atoms with van der Waals surface area (Å²) in [5.74, 6) is -0.460. The molecule has 1 fully saturated rings. The molecule has 218 valence electrons. The van der Waals surface area contributed by atoms with Crippen LogP contribution >= 0.6 is 0 Å².